The third-order valence-corrected chi connectivity index (χ3v) is 2.82. The zero-order valence-electron chi connectivity index (χ0n) is 11.0. The van der Waals surface area contributed by atoms with Crippen molar-refractivity contribution in [3.63, 3.8) is 0 Å². The van der Waals surface area contributed by atoms with Gasteiger partial charge in [0.15, 0.2) is 11.6 Å². The van der Waals surface area contributed by atoms with Crippen molar-refractivity contribution in [2.24, 2.45) is 0 Å². The fraction of sp³-hybridized carbons (Fsp3) is 0.385. The Labute approximate surface area is 110 Å². The van der Waals surface area contributed by atoms with Gasteiger partial charge in [-0.15, -0.1) is 0 Å². The zero-order chi connectivity index (χ0) is 14.6. The van der Waals surface area contributed by atoms with Crippen LogP contribution in [0.5, 0.6) is 5.75 Å². The minimum absolute atomic E-state index is 0.0872. The standard InChI is InChI=1S/C13H16FNO4/c1-13(2,7-15-11(16)12(17)18)8-4-5-10(19-3)9(14)6-8/h4-6H,7H2,1-3H3,(H,15,16)(H,17,18). The van der Waals surface area contributed by atoms with Crippen LogP contribution in [0.1, 0.15) is 19.4 Å². The summed E-state index contributed by atoms with van der Waals surface area (Å²) in [5, 5.41) is 10.7. The van der Waals surface area contributed by atoms with Gasteiger partial charge >= 0.3 is 11.9 Å². The Morgan fingerprint density at radius 3 is 2.53 bits per heavy atom. The number of aliphatic carboxylic acids is 1. The quantitative estimate of drug-likeness (QED) is 0.808. The Kier molecular flexibility index (Phi) is 4.47. The van der Waals surface area contributed by atoms with E-state index in [1.54, 1.807) is 19.9 Å². The van der Waals surface area contributed by atoms with Gasteiger partial charge in [0.25, 0.3) is 0 Å². The van der Waals surface area contributed by atoms with Gasteiger partial charge in [-0.25, -0.2) is 9.18 Å². The molecule has 0 aliphatic rings. The zero-order valence-corrected chi connectivity index (χ0v) is 11.0. The van der Waals surface area contributed by atoms with E-state index in [1.807, 2.05) is 0 Å². The largest absolute Gasteiger partial charge is 0.494 e. The minimum Gasteiger partial charge on any atom is -0.494 e. The Hall–Kier alpha value is -2.11. The molecule has 1 amide bonds. The summed E-state index contributed by atoms with van der Waals surface area (Å²) >= 11 is 0. The van der Waals surface area contributed by atoms with E-state index in [9.17, 15) is 14.0 Å². The van der Waals surface area contributed by atoms with E-state index >= 15 is 0 Å². The summed E-state index contributed by atoms with van der Waals surface area (Å²) in [6.07, 6.45) is 0. The van der Waals surface area contributed by atoms with Gasteiger partial charge in [0, 0.05) is 12.0 Å². The van der Waals surface area contributed by atoms with Crippen LogP contribution in [0.2, 0.25) is 0 Å². The van der Waals surface area contributed by atoms with Crippen LogP contribution in [0.25, 0.3) is 0 Å². The van der Waals surface area contributed by atoms with Crippen molar-refractivity contribution < 1.29 is 23.8 Å². The number of amides is 1. The molecule has 2 N–H and O–H groups in total. The van der Waals surface area contributed by atoms with Gasteiger partial charge in [0.1, 0.15) is 0 Å². The molecule has 104 valence electrons. The fourth-order valence-electron chi connectivity index (χ4n) is 1.57. The first-order valence-corrected chi connectivity index (χ1v) is 5.63. The topological polar surface area (TPSA) is 75.6 Å². The Balaban J connectivity index is 2.85. The van der Waals surface area contributed by atoms with E-state index in [0.717, 1.165) is 0 Å². The van der Waals surface area contributed by atoms with Gasteiger partial charge in [0.05, 0.1) is 7.11 Å². The molecule has 1 aromatic rings. The number of carbonyl (C=O) groups excluding carboxylic acids is 1. The molecular formula is C13H16FNO4. The number of benzene rings is 1. The number of carboxylic acids is 1. The van der Waals surface area contributed by atoms with Crippen LogP contribution >= 0.6 is 0 Å². The molecule has 0 saturated heterocycles. The summed E-state index contributed by atoms with van der Waals surface area (Å²) in [7, 11) is 1.37. The molecule has 5 nitrogen and oxygen atoms in total. The van der Waals surface area contributed by atoms with Gasteiger partial charge in [0.2, 0.25) is 0 Å². The molecule has 0 radical (unpaired) electrons. The van der Waals surface area contributed by atoms with Crippen molar-refractivity contribution >= 4 is 11.9 Å². The van der Waals surface area contributed by atoms with Crippen molar-refractivity contribution in [1.29, 1.82) is 0 Å². The predicted molar refractivity (Wildman–Crippen MR) is 66.6 cm³/mol. The number of ether oxygens (including phenoxy) is 1. The van der Waals surface area contributed by atoms with Crippen LogP contribution < -0.4 is 10.1 Å². The van der Waals surface area contributed by atoms with Crippen molar-refractivity contribution in [3.05, 3.63) is 29.6 Å². The van der Waals surface area contributed by atoms with Crippen molar-refractivity contribution in [2.75, 3.05) is 13.7 Å². The van der Waals surface area contributed by atoms with E-state index in [4.69, 9.17) is 9.84 Å². The maximum absolute atomic E-state index is 13.6. The van der Waals surface area contributed by atoms with Crippen LogP contribution in [-0.2, 0) is 15.0 Å². The third-order valence-electron chi connectivity index (χ3n) is 2.82. The molecule has 0 bridgehead atoms. The highest BCUT2D eigenvalue weighted by molar-refractivity contribution is 6.31. The summed E-state index contributed by atoms with van der Waals surface area (Å²) in [5.74, 6) is -2.99. The molecule has 0 aliphatic heterocycles. The van der Waals surface area contributed by atoms with Crippen LogP contribution in [0.4, 0.5) is 4.39 Å². The number of carbonyl (C=O) groups is 2. The molecule has 1 rings (SSSR count). The molecule has 0 saturated carbocycles. The molecule has 0 unspecified atom stereocenters. The van der Waals surface area contributed by atoms with Gasteiger partial charge in [-0.3, -0.25) is 4.79 Å². The number of halogens is 1. The third kappa shape index (κ3) is 3.67. The summed E-state index contributed by atoms with van der Waals surface area (Å²) in [6.45, 7) is 3.64. The number of rotatable bonds is 4. The highest BCUT2D eigenvalue weighted by atomic mass is 19.1. The maximum atomic E-state index is 13.6. The van der Waals surface area contributed by atoms with E-state index in [1.165, 1.54) is 19.2 Å². The van der Waals surface area contributed by atoms with Gasteiger partial charge in [-0.1, -0.05) is 19.9 Å². The average Bonchev–Trinajstić information content (AvgIpc) is 2.35. The highest BCUT2D eigenvalue weighted by Crippen LogP contribution is 2.26. The lowest BCUT2D eigenvalue weighted by atomic mass is 9.84. The molecule has 0 atom stereocenters. The molecule has 19 heavy (non-hydrogen) atoms. The Morgan fingerprint density at radius 2 is 2.05 bits per heavy atom. The van der Waals surface area contributed by atoms with Gasteiger partial charge in [-0.05, 0) is 17.7 Å². The molecular weight excluding hydrogens is 253 g/mol. The predicted octanol–water partition coefficient (Wildman–Crippen LogP) is 1.31. The molecule has 0 spiro atoms. The summed E-state index contributed by atoms with van der Waals surface area (Å²) in [6, 6.07) is 4.48. The summed E-state index contributed by atoms with van der Waals surface area (Å²) in [4.78, 5) is 21.4. The second-order valence-corrected chi connectivity index (χ2v) is 4.72. The molecule has 6 heteroatoms. The second kappa shape index (κ2) is 5.69. The van der Waals surface area contributed by atoms with E-state index in [0.29, 0.717) is 5.56 Å². The molecule has 0 fully saturated rings. The van der Waals surface area contributed by atoms with E-state index in [-0.39, 0.29) is 12.3 Å². The number of carboxylic acid groups (broad SMARTS) is 1. The monoisotopic (exact) mass is 269 g/mol. The lowest BCUT2D eigenvalue weighted by Crippen LogP contribution is -2.39. The van der Waals surface area contributed by atoms with Crippen molar-refractivity contribution in [1.82, 2.24) is 5.32 Å². The first-order chi connectivity index (χ1) is 8.77. The summed E-state index contributed by atoms with van der Waals surface area (Å²) in [5.41, 5.74) is 0.0367. The molecule has 0 aromatic heterocycles. The fourth-order valence-corrected chi connectivity index (χ4v) is 1.57. The first kappa shape index (κ1) is 14.9. The van der Waals surface area contributed by atoms with Crippen LogP contribution in [0.3, 0.4) is 0 Å². The lowest BCUT2D eigenvalue weighted by molar-refractivity contribution is -0.150. The Bertz CT molecular complexity index is 499. The minimum atomic E-state index is -1.54. The van der Waals surface area contributed by atoms with Crippen LogP contribution in [0, 0.1) is 5.82 Å². The smallest absolute Gasteiger partial charge is 0.394 e. The van der Waals surface area contributed by atoms with Gasteiger partial charge in [-0.2, -0.15) is 0 Å². The van der Waals surface area contributed by atoms with Crippen molar-refractivity contribution in [3.8, 4) is 5.75 Å². The summed E-state index contributed by atoms with van der Waals surface area (Å²) < 4.78 is 18.4. The lowest BCUT2D eigenvalue weighted by Gasteiger charge is -2.25. The number of nitrogens with one attached hydrogen (secondary N) is 1. The van der Waals surface area contributed by atoms with Crippen molar-refractivity contribution in [2.45, 2.75) is 19.3 Å². The normalized spacial score (nSPS) is 10.9. The first-order valence-electron chi connectivity index (χ1n) is 5.63. The Morgan fingerprint density at radius 1 is 1.42 bits per heavy atom. The second-order valence-electron chi connectivity index (χ2n) is 4.72. The SMILES string of the molecule is COc1ccc(C(C)(C)CNC(=O)C(=O)O)cc1F. The van der Waals surface area contributed by atoms with E-state index < -0.39 is 23.1 Å². The maximum Gasteiger partial charge on any atom is 0.394 e. The van der Waals surface area contributed by atoms with Crippen LogP contribution in [0.15, 0.2) is 18.2 Å². The highest BCUT2D eigenvalue weighted by Gasteiger charge is 2.24. The number of hydrogen-bond acceptors (Lipinski definition) is 3. The molecule has 0 heterocycles. The van der Waals surface area contributed by atoms with E-state index in [2.05, 4.69) is 5.32 Å². The average molecular weight is 269 g/mol. The molecule has 0 aliphatic carbocycles. The number of methoxy groups -OCH3 is 1. The molecule has 1 aromatic carbocycles. The van der Waals surface area contributed by atoms with Crippen LogP contribution in [-0.4, -0.2) is 30.6 Å². The van der Waals surface area contributed by atoms with Gasteiger partial charge < -0.3 is 15.2 Å². The number of hydrogen-bond donors (Lipinski definition) is 2.